The summed E-state index contributed by atoms with van der Waals surface area (Å²) in [4.78, 5) is 11.1. The van der Waals surface area contributed by atoms with Gasteiger partial charge in [0.1, 0.15) is 11.7 Å². The molecule has 0 bridgehead atoms. The lowest BCUT2D eigenvalue weighted by Gasteiger charge is -2.19. The maximum absolute atomic E-state index is 11.4. The van der Waals surface area contributed by atoms with Crippen LogP contribution in [-0.4, -0.2) is 43.1 Å². The first-order chi connectivity index (χ1) is 8.80. The predicted molar refractivity (Wildman–Crippen MR) is 68.9 cm³/mol. The van der Waals surface area contributed by atoms with Crippen LogP contribution in [0, 0.1) is 0 Å². The molecule has 0 aliphatic carbocycles. The summed E-state index contributed by atoms with van der Waals surface area (Å²) in [6.45, 7) is 0. The average molecular weight is 286 g/mol. The maximum atomic E-state index is 11.4. The van der Waals surface area contributed by atoms with Crippen molar-refractivity contribution >= 4 is 21.5 Å². The van der Waals surface area contributed by atoms with Crippen molar-refractivity contribution in [3.63, 3.8) is 0 Å². The zero-order valence-electron chi connectivity index (χ0n) is 9.94. The number of rotatable bonds is 3. The molecule has 0 spiro atoms. The molecule has 1 aliphatic rings. The molecule has 1 fully saturated rings. The van der Waals surface area contributed by atoms with Crippen molar-refractivity contribution in [2.45, 2.75) is 12.1 Å². The molecule has 19 heavy (non-hydrogen) atoms. The van der Waals surface area contributed by atoms with E-state index in [0.29, 0.717) is 0 Å². The zero-order chi connectivity index (χ0) is 14.2. The largest absolute Gasteiger partial charge is 0.485 e. The fourth-order valence-electron chi connectivity index (χ4n) is 1.97. The highest BCUT2D eigenvalue weighted by Gasteiger charge is 2.37. The number of anilines is 1. The SMILES string of the molecule is Nc1cccc(C(=O)O)c1OC1CS(=O)(=O)CC1N. The van der Waals surface area contributed by atoms with Gasteiger partial charge in [0, 0.05) is 0 Å². The van der Waals surface area contributed by atoms with Gasteiger partial charge in [0.25, 0.3) is 0 Å². The van der Waals surface area contributed by atoms with E-state index < -0.39 is 28.0 Å². The van der Waals surface area contributed by atoms with Crippen molar-refractivity contribution in [2.24, 2.45) is 5.73 Å². The highest BCUT2D eigenvalue weighted by molar-refractivity contribution is 7.91. The van der Waals surface area contributed by atoms with Crippen LogP contribution in [0.2, 0.25) is 0 Å². The first-order valence-corrected chi connectivity index (χ1v) is 7.37. The van der Waals surface area contributed by atoms with Crippen molar-refractivity contribution in [2.75, 3.05) is 17.2 Å². The molecule has 2 atom stereocenters. The Kier molecular flexibility index (Phi) is 3.38. The van der Waals surface area contributed by atoms with Gasteiger partial charge >= 0.3 is 5.97 Å². The van der Waals surface area contributed by atoms with Crippen LogP contribution in [0.25, 0.3) is 0 Å². The summed E-state index contributed by atoms with van der Waals surface area (Å²) >= 11 is 0. The molecule has 0 amide bonds. The number of hydrogen-bond donors (Lipinski definition) is 3. The second-order valence-electron chi connectivity index (χ2n) is 4.43. The van der Waals surface area contributed by atoms with Gasteiger partial charge in [0.2, 0.25) is 0 Å². The summed E-state index contributed by atoms with van der Waals surface area (Å²) in [7, 11) is -3.25. The van der Waals surface area contributed by atoms with E-state index in [1.807, 2.05) is 0 Å². The second kappa shape index (κ2) is 4.71. The van der Waals surface area contributed by atoms with Crippen LogP contribution in [0.5, 0.6) is 5.75 Å². The molecule has 5 N–H and O–H groups in total. The molecule has 0 saturated carbocycles. The minimum absolute atomic E-state index is 0.0347. The first kappa shape index (κ1) is 13.6. The number of carboxylic acids is 1. The molecule has 1 aromatic rings. The van der Waals surface area contributed by atoms with Crippen molar-refractivity contribution in [3.05, 3.63) is 23.8 Å². The third-order valence-corrected chi connectivity index (χ3v) is 4.62. The van der Waals surface area contributed by atoms with E-state index in [2.05, 4.69) is 0 Å². The number of para-hydroxylation sites is 1. The number of ether oxygens (including phenoxy) is 1. The standard InChI is InChI=1S/C11H14N2O5S/c12-7-3-1-2-6(11(14)15)10(7)18-9-5-19(16,17)4-8(9)13/h1-3,8-9H,4-5,12-13H2,(H,14,15). The number of carboxylic acid groups (broad SMARTS) is 1. The number of benzene rings is 1. The van der Waals surface area contributed by atoms with E-state index in [-0.39, 0.29) is 28.5 Å². The molecule has 1 saturated heterocycles. The minimum Gasteiger partial charge on any atom is -0.485 e. The number of nitrogen functional groups attached to an aromatic ring is 1. The Balaban J connectivity index is 2.32. The van der Waals surface area contributed by atoms with Gasteiger partial charge in [-0.05, 0) is 12.1 Å². The fraction of sp³-hybridized carbons (Fsp3) is 0.364. The molecular weight excluding hydrogens is 272 g/mol. The molecule has 0 aromatic heterocycles. The van der Waals surface area contributed by atoms with E-state index in [1.165, 1.54) is 18.2 Å². The summed E-state index contributed by atoms with van der Waals surface area (Å²) in [5.41, 5.74) is 11.4. The molecule has 2 rings (SSSR count). The van der Waals surface area contributed by atoms with Gasteiger partial charge in [0.15, 0.2) is 15.6 Å². The van der Waals surface area contributed by atoms with Gasteiger partial charge in [-0.15, -0.1) is 0 Å². The topological polar surface area (TPSA) is 133 Å². The molecule has 1 aromatic carbocycles. The van der Waals surface area contributed by atoms with Gasteiger partial charge in [-0.3, -0.25) is 0 Å². The van der Waals surface area contributed by atoms with E-state index in [0.717, 1.165) is 0 Å². The summed E-state index contributed by atoms with van der Waals surface area (Å²) < 4.78 is 28.3. The van der Waals surface area contributed by atoms with Crippen molar-refractivity contribution in [1.82, 2.24) is 0 Å². The number of hydrogen-bond acceptors (Lipinski definition) is 6. The first-order valence-electron chi connectivity index (χ1n) is 5.54. The van der Waals surface area contributed by atoms with Crippen LogP contribution in [0.3, 0.4) is 0 Å². The van der Waals surface area contributed by atoms with Crippen LogP contribution in [0.15, 0.2) is 18.2 Å². The van der Waals surface area contributed by atoms with Crippen LogP contribution in [0.1, 0.15) is 10.4 Å². The lowest BCUT2D eigenvalue weighted by Crippen LogP contribution is -2.37. The van der Waals surface area contributed by atoms with Crippen LogP contribution in [0.4, 0.5) is 5.69 Å². The summed E-state index contributed by atoms with van der Waals surface area (Å²) in [5.74, 6) is -1.64. The van der Waals surface area contributed by atoms with Gasteiger partial charge in [0.05, 0.1) is 23.2 Å². The normalized spacial score (nSPS) is 25.1. The van der Waals surface area contributed by atoms with Gasteiger partial charge in [-0.2, -0.15) is 0 Å². The lowest BCUT2D eigenvalue weighted by atomic mass is 10.1. The fourth-order valence-corrected chi connectivity index (χ4v) is 3.72. The Morgan fingerprint density at radius 3 is 2.58 bits per heavy atom. The Morgan fingerprint density at radius 1 is 1.37 bits per heavy atom. The molecule has 1 aliphatic heterocycles. The van der Waals surface area contributed by atoms with Gasteiger partial charge < -0.3 is 21.3 Å². The van der Waals surface area contributed by atoms with Crippen LogP contribution < -0.4 is 16.2 Å². The lowest BCUT2D eigenvalue weighted by molar-refractivity contribution is 0.0689. The third kappa shape index (κ3) is 2.79. The number of nitrogens with two attached hydrogens (primary N) is 2. The summed E-state index contributed by atoms with van der Waals surface area (Å²) in [6, 6.07) is 3.61. The monoisotopic (exact) mass is 286 g/mol. The minimum atomic E-state index is -3.25. The molecule has 104 valence electrons. The predicted octanol–water partition coefficient (Wildman–Crippen LogP) is -0.530. The van der Waals surface area contributed by atoms with Crippen molar-refractivity contribution < 1.29 is 23.1 Å². The van der Waals surface area contributed by atoms with E-state index in [1.54, 1.807) is 0 Å². The smallest absolute Gasteiger partial charge is 0.339 e. The maximum Gasteiger partial charge on any atom is 0.339 e. The highest BCUT2D eigenvalue weighted by atomic mass is 32.2. The summed E-state index contributed by atoms with van der Waals surface area (Å²) in [6.07, 6.45) is -0.784. The molecule has 2 unspecified atom stereocenters. The Morgan fingerprint density at radius 2 is 2.05 bits per heavy atom. The van der Waals surface area contributed by atoms with Gasteiger partial charge in [-0.25, -0.2) is 13.2 Å². The van der Waals surface area contributed by atoms with E-state index >= 15 is 0 Å². The zero-order valence-corrected chi connectivity index (χ0v) is 10.8. The van der Waals surface area contributed by atoms with E-state index in [9.17, 15) is 13.2 Å². The molecule has 8 heteroatoms. The van der Waals surface area contributed by atoms with Crippen LogP contribution >= 0.6 is 0 Å². The average Bonchev–Trinajstić information content (AvgIpc) is 2.54. The van der Waals surface area contributed by atoms with Crippen molar-refractivity contribution in [3.8, 4) is 5.75 Å². The number of aromatic carboxylic acids is 1. The number of carbonyl (C=O) groups is 1. The summed E-state index contributed by atoms with van der Waals surface area (Å²) in [5, 5.41) is 9.05. The highest BCUT2D eigenvalue weighted by Crippen LogP contribution is 2.29. The molecule has 0 radical (unpaired) electrons. The molecular formula is C11H14N2O5S. The Labute approximate surface area is 110 Å². The van der Waals surface area contributed by atoms with E-state index in [4.69, 9.17) is 21.3 Å². The second-order valence-corrected chi connectivity index (χ2v) is 6.58. The quantitative estimate of drug-likeness (QED) is 0.636. The molecule has 7 nitrogen and oxygen atoms in total. The van der Waals surface area contributed by atoms with Crippen molar-refractivity contribution in [1.29, 1.82) is 0 Å². The van der Waals surface area contributed by atoms with Crippen LogP contribution in [-0.2, 0) is 9.84 Å². The van der Waals surface area contributed by atoms with Gasteiger partial charge in [-0.1, -0.05) is 6.07 Å². The Bertz CT molecular complexity index is 614. The third-order valence-electron chi connectivity index (χ3n) is 2.89. The Hall–Kier alpha value is -1.80. The number of sulfone groups is 1. The molecule has 1 heterocycles.